The summed E-state index contributed by atoms with van der Waals surface area (Å²) in [6, 6.07) is 36.4. The van der Waals surface area contributed by atoms with Gasteiger partial charge in [0.15, 0.2) is 0 Å². The fourth-order valence-corrected chi connectivity index (χ4v) is 4.91. The van der Waals surface area contributed by atoms with Crippen molar-refractivity contribution in [3.8, 4) is 16.8 Å². The Morgan fingerprint density at radius 3 is 2.24 bits per heavy atom. The molecule has 0 N–H and O–H groups in total. The minimum atomic E-state index is 0.934. The molecule has 7 aromatic rings. The van der Waals surface area contributed by atoms with Crippen LogP contribution in [0.25, 0.3) is 60.4 Å². The van der Waals surface area contributed by atoms with E-state index in [4.69, 9.17) is 4.98 Å². The second kappa shape index (κ2) is 7.01. The zero-order valence-electron chi connectivity index (χ0n) is 17.8. The summed E-state index contributed by atoms with van der Waals surface area (Å²) in [5, 5.41) is 4.68. The number of hydrogen-bond acceptors (Lipinski definition) is 2. The predicted octanol–water partition coefficient (Wildman–Crippen LogP) is 7.55. The van der Waals surface area contributed by atoms with Gasteiger partial charge in [-0.1, -0.05) is 72.8 Å². The molecule has 3 aromatic heterocycles. The highest BCUT2D eigenvalue weighted by atomic mass is 15.0. The van der Waals surface area contributed by atoms with Crippen LogP contribution in [0.2, 0.25) is 0 Å². The van der Waals surface area contributed by atoms with Gasteiger partial charge < -0.3 is 4.57 Å². The Morgan fingerprint density at radius 1 is 0.515 bits per heavy atom. The van der Waals surface area contributed by atoms with Gasteiger partial charge in [-0.15, -0.1) is 0 Å². The Bertz CT molecular complexity index is 1810. The van der Waals surface area contributed by atoms with Crippen molar-refractivity contribution in [1.29, 1.82) is 0 Å². The van der Waals surface area contributed by atoms with Gasteiger partial charge in [0.25, 0.3) is 0 Å². The van der Waals surface area contributed by atoms with Gasteiger partial charge in [-0.25, -0.2) is 0 Å². The van der Waals surface area contributed by atoms with Gasteiger partial charge in [0.05, 0.1) is 34.0 Å². The van der Waals surface area contributed by atoms with Gasteiger partial charge in [-0.3, -0.25) is 9.97 Å². The maximum absolute atomic E-state index is 4.86. The highest BCUT2D eigenvalue weighted by Gasteiger charge is 2.14. The highest BCUT2D eigenvalue weighted by Crippen LogP contribution is 2.35. The SMILES string of the molecule is c1ccc(-c2ccc3c(c2)c2ccccc2n3-c2cnc3c(ccc4cccnc43)c2)cc1. The van der Waals surface area contributed by atoms with Crippen LogP contribution in [0.3, 0.4) is 0 Å². The zero-order chi connectivity index (χ0) is 21.8. The summed E-state index contributed by atoms with van der Waals surface area (Å²) in [4.78, 5) is 9.43. The molecule has 0 radical (unpaired) electrons. The smallest absolute Gasteiger partial charge is 0.0966 e. The molecule has 0 atom stereocenters. The Hall–Kier alpha value is -4.50. The van der Waals surface area contributed by atoms with Crippen LogP contribution >= 0.6 is 0 Å². The maximum Gasteiger partial charge on any atom is 0.0966 e. The topological polar surface area (TPSA) is 30.7 Å². The van der Waals surface area contributed by atoms with Crippen LogP contribution in [0.4, 0.5) is 0 Å². The van der Waals surface area contributed by atoms with E-state index in [9.17, 15) is 0 Å². The first kappa shape index (κ1) is 18.1. The molecule has 0 unspecified atom stereocenters. The monoisotopic (exact) mass is 421 g/mol. The fraction of sp³-hybridized carbons (Fsp3) is 0. The molecule has 0 aliphatic heterocycles. The van der Waals surface area contributed by atoms with Gasteiger partial charge >= 0.3 is 0 Å². The Balaban J connectivity index is 1.50. The van der Waals surface area contributed by atoms with E-state index in [0.29, 0.717) is 0 Å². The average molecular weight is 422 g/mol. The number of hydrogen-bond donors (Lipinski definition) is 0. The van der Waals surface area contributed by atoms with Crippen molar-refractivity contribution in [2.24, 2.45) is 0 Å². The van der Waals surface area contributed by atoms with Crippen LogP contribution in [0.1, 0.15) is 0 Å². The molecule has 33 heavy (non-hydrogen) atoms. The van der Waals surface area contributed by atoms with Gasteiger partial charge in [-0.05, 0) is 41.5 Å². The molecule has 0 fully saturated rings. The van der Waals surface area contributed by atoms with Crippen LogP contribution in [0, 0.1) is 0 Å². The van der Waals surface area contributed by atoms with Crippen LogP contribution < -0.4 is 0 Å². The first-order valence-electron chi connectivity index (χ1n) is 11.1. The first-order chi connectivity index (χ1) is 16.4. The van der Waals surface area contributed by atoms with Crippen molar-refractivity contribution in [2.75, 3.05) is 0 Å². The molecule has 3 heteroatoms. The molecule has 154 valence electrons. The van der Waals surface area contributed by atoms with Crippen molar-refractivity contribution < 1.29 is 0 Å². The zero-order valence-corrected chi connectivity index (χ0v) is 17.8. The van der Waals surface area contributed by atoms with Gasteiger partial charge in [0, 0.05) is 27.7 Å². The minimum absolute atomic E-state index is 0.934. The fourth-order valence-electron chi connectivity index (χ4n) is 4.91. The molecule has 0 amide bonds. The Morgan fingerprint density at radius 2 is 1.30 bits per heavy atom. The largest absolute Gasteiger partial charge is 0.308 e. The van der Waals surface area contributed by atoms with Crippen molar-refractivity contribution in [3.63, 3.8) is 0 Å². The summed E-state index contributed by atoms with van der Waals surface area (Å²) in [5.74, 6) is 0. The van der Waals surface area contributed by atoms with Gasteiger partial charge in [-0.2, -0.15) is 0 Å². The van der Waals surface area contributed by atoms with E-state index in [1.807, 2.05) is 18.5 Å². The predicted molar refractivity (Wildman–Crippen MR) is 137 cm³/mol. The second-order valence-electron chi connectivity index (χ2n) is 8.36. The molecule has 0 aliphatic carbocycles. The molecule has 3 nitrogen and oxygen atoms in total. The molecule has 4 aromatic carbocycles. The quantitative estimate of drug-likeness (QED) is 0.270. The maximum atomic E-state index is 4.86. The molecular weight excluding hydrogens is 402 g/mol. The lowest BCUT2D eigenvalue weighted by molar-refractivity contribution is 1.16. The number of aromatic nitrogens is 3. The molecule has 3 heterocycles. The molecule has 0 saturated carbocycles. The summed E-state index contributed by atoms with van der Waals surface area (Å²) >= 11 is 0. The van der Waals surface area contributed by atoms with Crippen LogP contribution in [-0.4, -0.2) is 14.5 Å². The number of nitrogens with zero attached hydrogens (tertiary/aromatic N) is 3. The number of pyridine rings is 2. The molecule has 7 rings (SSSR count). The third kappa shape index (κ3) is 2.76. The summed E-state index contributed by atoms with van der Waals surface area (Å²) in [6.45, 7) is 0. The molecule has 0 saturated heterocycles. The van der Waals surface area contributed by atoms with Crippen molar-refractivity contribution in [3.05, 3.63) is 116 Å². The van der Waals surface area contributed by atoms with Crippen molar-refractivity contribution in [1.82, 2.24) is 14.5 Å². The number of fused-ring (bicyclic) bond motifs is 6. The lowest BCUT2D eigenvalue weighted by Crippen LogP contribution is -1.96. The van der Waals surface area contributed by atoms with E-state index in [1.54, 1.807) is 0 Å². The lowest BCUT2D eigenvalue weighted by Gasteiger charge is -2.10. The molecule has 0 spiro atoms. The van der Waals surface area contributed by atoms with E-state index >= 15 is 0 Å². The van der Waals surface area contributed by atoms with Gasteiger partial charge in [0.2, 0.25) is 0 Å². The molecule has 0 aliphatic rings. The van der Waals surface area contributed by atoms with E-state index in [1.165, 1.54) is 32.9 Å². The molecule has 0 bridgehead atoms. The summed E-state index contributed by atoms with van der Waals surface area (Å²) in [5.41, 5.74) is 7.73. The number of rotatable bonds is 2. The minimum Gasteiger partial charge on any atom is -0.308 e. The van der Waals surface area contributed by atoms with Gasteiger partial charge in [0.1, 0.15) is 0 Å². The van der Waals surface area contributed by atoms with Crippen molar-refractivity contribution in [2.45, 2.75) is 0 Å². The summed E-state index contributed by atoms with van der Waals surface area (Å²) in [6.07, 6.45) is 3.79. The first-order valence-corrected chi connectivity index (χ1v) is 11.1. The van der Waals surface area contributed by atoms with Crippen LogP contribution in [-0.2, 0) is 0 Å². The van der Waals surface area contributed by atoms with E-state index in [2.05, 4.69) is 107 Å². The van der Waals surface area contributed by atoms with E-state index in [0.717, 1.165) is 27.5 Å². The van der Waals surface area contributed by atoms with Crippen molar-refractivity contribution >= 4 is 43.6 Å². The van der Waals surface area contributed by atoms with E-state index in [-0.39, 0.29) is 0 Å². The lowest BCUT2D eigenvalue weighted by atomic mass is 10.0. The van der Waals surface area contributed by atoms with Crippen LogP contribution in [0.15, 0.2) is 116 Å². The van der Waals surface area contributed by atoms with Crippen LogP contribution in [0.5, 0.6) is 0 Å². The standard InChI is InChI=1S/C30H19N3/c1-2-7-20(8-3-1)22-14-15-28-26(18-22)25-10-4-5-11-27(25)33(28)24-17-23-13-12-21-9-6-16-31-29(21)30(23)32-19-24/h1-19H. The number of para-hydroxylation sites is 1. The Kier molecular flexibility index (Phi) is 3.84. The van der Waals surface area contributed by atoms with E-state index < -0.39 is 0 Å². The second-order valence-corrected chi connectivity index (χ2v) is 8.36. The average Bonchev–Trinajstić information content (AvgIpc) is 3.22. The third-order valence-corrected chi connectivity index (χ3v) is 6.45. The molecular formula is C30H19N3. The highest BCUT2D eigenvalue weighted by molar-refractivity contribution is 6.11. The third-order valence-electron chi connectivity index (χ3n) is 6.45. The normalized spacial score (nSPS) is 11.6. The number of benzene rings is 4. The summed E-state index contributed by atoms with van der Waals surface area (Å²) in [7, 11) is 0. The summed E-state index contributed by atoms with van der Waals surface area (Å²) < 4.78 is 2.31. The Labute approximate surface area is 190 Å².